The van der Waals surface area contributed by atoms with E-state index >= 15 is 0 Å². The molecular weight excluding hydrogens is 564 g/mol. The van der Waals surface area contributed by atoms with Crippen molar-refractivity contribution in [1.29, 1.82) is 0 Å². The molecule has 4 rings (SSSR count). The van der Waals surface area contributed by atoms with E-state index in [0.29, 0.717) is 17.4 Å². The molecule has 0 bridgehead atoms. The molecule has 1 atom stereocenters. The molecule has 3 N–H and O–H groups in total. The number of carboxylic acid groups (broad SMARTS) is 1. The fourth-order valence-corrected chi connectivity index (χ4v) is 4.87. The van der Waals surface area contributed by atoms with Gasteiger partial charge in [-0.3, -0.25) is 14.4 Å². The van der Waals surface area contributed by atoms with Crippen LogP contribution in [0.1, 0.15) is 40.3 Å². The van der Waals surface area contributed by atoms with E-state index in [1.807, 2.05) is 97.9 Å². The average molecular weight is 599 g/mol. The number of rotatable bonds is 14. The fraction of sp³-hybridized carbons (Fsp3) is 0.229. The zero-order valence-corrected chi connectivity index (χ0v) is 24.8. The molecule has 0 aliphatic heterocycles. The van der Waals surface area contributed by atoms with Crippen LogP contribution >= 0.6 is 11.6 Å². The van der Waals surface area contributed by atoms with Gasteiger partial charge < -0.3 is 20.5 Å². The molecule has 8 heteroatoms. The summed E-state index contributed by atoms with van der Waals surface area (Å²) in [5.74, 6) is -1.36. The highest BCUT2D eigenvalue weighted by Crippen LogP contribution is 2.20. The van der Waals surface area contributed by atoms with Crippen molar-refractivity contribution < 1.29 is 24.2 Å². The first-order valence-electron chi connectivity index (χ1n) is 14.2. The Balaban J connectivity index is 1.41. The maximum atomic E-state index is 13.0. The summed E-state index contributed by atoms with van der Waals surface area (Å²) < 4.78 is 5.82. The van der Waals surface area contributed by atoms with Gasteiger partial charge in [-0.1, -0.05) is 91.3 Å². The van der Waals surface area contributed by atoms with Crippen LogP contribution in [-0.4, -0.2) is 35.5 Å². The number of carboxylic acids is 1. The molecule has 7 nitrogen and oxygen atoms in total. The van der Waals surface area contributed by atoms with Crippen LogP contribution in [0.4, 0.5) is 0 Å². The minimum atomic E-state index is -1.16. The predicted octanol–water partition coefficient (Wildman–Crippen LogP) is 5.54. The molecule has 0 saturated heterocycles. The third-order valence-electron chi connectivity index (χ3n) is 7.00. The van der Waals surface area contributed by atoms with Crippen LogP contribution in [0.2, 0.25) is 5.02 Å². The average Bonchev–Trinajstić information content (AvgIpc) is 3.01. The highest BCUT2D eigenvalue weighted by molar-refractivity contribution is 6.30. The summed E-state index contributed by atoms with van der Waals surface area (Å²) in [6, 6.07) is 29.9. The molecule has 0 fully saturated rings. The third-order valence-corrected chi connectivity index (χ3v) is 7.25. The zero-order valence-electron chi connectivity index (χ0n) is 24.0. The Bertz CT molecular complexity index is 1520. The van der Waals surface area contributed by atoms with E-state index < -0.39 is 24.5 Å². The Labute approximate surface area is 256 Å². The lowest BCUT2D eigenvalue weighted by atomic mass is 9.94. The van der Waals surface area contributed by atoms with Gasteiger partial charge in [-0.2, -0.15) is 0 Å². The van der Waals surface area contributed by atoms with Gasteiger partial charge in [0.15, 0.2) is 0 Å². The van der Waals surface area contributed by atoms with Crippen molar-refractivity contribution in [1.82, 2.24) is 10.6 Å². The third kappa shape index (κ3) is 10.0. The number of ether oxygens (including phenoxy) is 1. The van der Waals surface area contributed by atoms with Crippen LogP contribution in [0, 0.1) is 0 Å². The van der Waals surface area contributed by atoms with E-state index in [1.165, 1.54) is 0 Å². The molecule has 4 aromatic rings. The summed E-state index contributed by atoms with van der Waals surface area (Å²) in [7, 11) is 0. The molecule has 0 aromatic heterocycles. The molecule has 43 heavy (non-hydrogen) atoms. The summed E-state index contributed by atoms with van der Waals surface area (Å²) in [5.41, 5.74) is 6.04. The molecule has 0 heterocycles. The lowest BCUT2D eigenvalue weighted by molar-refractivity contribution is -0.138. The number of carbonyl (C=O) groups excluding carboxylic acids is 2. The van der Waals surface area contributed by atoms with Gasteiger partial charge in [0, 0.05) is 11.4 Å². The minimum absolute atomic E-state index is 0.0579. The Kier molecular flexibility index (Phi) is 11.3. The van der Waals surface area contributed by atoms with Crippen molar-refractivity contribution in [2.24, 2.45) is 0 Å². The topological polar surface area (TPSA) is 105 Å². The Hall–Kier alpha value is -4.62. The van der Waals surface area contributed by atoms with Gasteiger partial charge in [0.2, 0.25) is 11.8 Å². The van der Waals surface area contributed by atoms with Gasteiger partial charge in [-0.15, -0.1) is 0 Å². The van der Waals surface area contributed by atoms with Gasteiger partial charge in [0.25, 0.3) is 0 Å². The summed E-state index contributed by atoms with van der Waals surface area (Å²) in [6.45, 7) is 1.95. The highest BCUT2D eigenvalue weighted by Gasteiger charge is 2.23. The number of nitrogens with one attached hydrogen (secondary N) is 2. The van der Waals surface area contributed by atoms with Gasteiger partial charge in [-0.05, 0) is 70.5 Å². The van der Waals surface area contributed by atoms with E-state index in [1.54, 1.807) is 0 Å². The SMILES string of the molecule is CCc1cc(Cc2ccc(Cl)cc2)ccc1CC(NC(=O)Cc1ccc(OCc2ccccc2)cc1)C(=O)NCC(=O)O. The van der Waals surface area contributed by atoms with E-state index in [9.17, 15) is 14.4 Å². The van der Waals surface area contributed by atoms with Gasteiger partial charge >= 0.3 is 5.97 Å². The smallest absolute Gasteiger partial charge is 0.322 e. The Morgan fingerprint density at radius 2 is 1.49 bits per heavy atom. The minimum Gasteiger partial charge on any atom is -0.489 e. The number of amides is 2. The Morgan fingerprint density at radius 1 is 0.814 bits per heavy atom. The van der Waals surface area contributed by atoms with Crippen molar-refractivity contribution in [2.45, 2.75) is 45.3 Å². The molecule has 222 valence electrons. The summed E-state index contributed by atoms with van der Waals surface area (Å²) >= 11 is 6.02. The molecule has 4 aromatic carbocycles. The van der Waals surface area contributed by atoms with Crippen molar-refractivity contribution in [3.63, 3.8) is 0 Å². The van der Waals surface area contributed by atoms with Crippen molar-refractivity contribution >= 4 is 29.4 Å². The number of hydrogen-bond donors (Lipinski definition) is 3. The van der Waals surface area contributed by atoms with Gasteiger partial charge in [0.1, 0.15) is 24.9 Å². The highest BCUT2D eigenvalue weighted by atomic mass is 35.5. The van der Waals surface area contributed by atoms with E-state index in [4.69, 9.17) is 21.4 Å². The number of halogens is 1. The van der Waals surface area contributed by atoms with Crippen LogP contribution in [0.25, 0.3) is 0 Å². The lowest BCUT2D eigenvalue weighted by Gasteiger charge is -2.20. The molecule has 0 spiro atoms. The van der Waals surface area contributed by atoms with Crippen LogP contribution in [-0.2, 0) is 46.7 Å². The quantitative estimate of drug-likeness (QED) is 0.177. The normalized spacial score (nSPS) is 11.4. The van der Waals surface area contributed by atoms with Crippen molar-refractivity contribution in [3.8, 4) is 5.75 Å². The molecule has 2 amide bonds. The first kappa shape index (κ1) is 31.3. The van der Waals surface area contributed by atoms with E-state index in [2.05, 4.69) is 16.7 Å². The van der Waals surface area contributed by atoms with Crippen LogP contribution in [0.15, 0.2) is 97.1 Å². The predicted molar refractivity (Wildman–Crippen MR) is 167 cm³/mol. The maximum Gasteiger partial charge on any atom is 0.322 e. The number of aryl methyl sites for hydroxylation is 1. The largest absolute Gasteiger partial charge is 0.489 e. The summed E-state index contributed by atoms with van der Waals surface area (Å²) in [6.07, 6.45) is 1.76. The van der Waals surface area contributed by atoms with Crippen LogP contribution in [0.3, 0.4) is 0 Å². The second kappa shape index (κ2) is 15.6. The summed E-state index contributed by atoms with van der Waals surface area (Å²) in [5, 5.41) is 15.0. The monoisotopic (exact) mass is 598 g/mol. The maximum absolute atomic E-state index is 13.0. The molecular formula is C35H35ClN2O5. The van der Waals surface area contributed by atoms with Crippen molar-refractivity contribution in [2.75, 3.05) is 6.54 Å². The first-order valence-corrected chi connectivity index (χ1v) is 14.6. The molecule has 0 aliphatic carbocycles. The zero-order chi connectivity index (χ0) is 30.6. The van der Waals surface area contributed by atoms with Gasteiger partial charge in [-0.25, -0.2) is 0 Å². The van der Waals surface area contributed by atoms with Crippen LogP contribution < -0.4 is 15.4 Å². The first-order chi connectivity index (χ1) is 20.8. The molecule has 0 aliphatic rings. The second-order valence-electron chi connectivity index (χ2n) is 10.3. The number of carbonyl (C=O) groups is 3. The lowest BCUT2D eigenvalue weighted by Crippen LogP contribution is -2.49. The Morgan fingerprint density at radius 3 is 2.16 bits per heavy atom. The number of aliphatic carboxylic acids is 1. The van der Waals surface area contributed by atoms with Gasteiger partial charge in [0.05, 0.1) is 6.42 Å². The second-order valence-corrected chi connectivity index (χ2v) is 10.7. The molecule has 0 radical (unpaired) electrons. The van der Waals surface area contributed by atoms with E-state index in [-0.39, 0.29) is 18.7 Å². The summed E-state index contributed by atoms with van der Waals surface area (Å²) in [4.78, 5) is 37.1. The number of hydrogen-bond acceptors (Lipinski definition) is 4. The van der Waals surface area contributed by atoms with Crippen molar-refractivity contribution in [3.05, 3.63) is 135 Å². The van der Waals surface area contributed by atoms with E-state index in [0.717, 1.165) is 46.2 Å². The molecule has 1 unspecified atom stereocenters. The number of benzene rings is 4. The standard InChI is InChI=1S/C35H35ClN2O5/c1-2-28-19-27(18-24-9-14-30(36)15-10-24)8-13-29(28)21-32(35(42)37-22-34(40)41)38-33(39)20-25-11-16-31(17-12-25)43-23-26-6-4-3-5-7-26/h3-17,19,32H,2,18,20-23H2,1H3,(H,37,42)(H,38,39)(H,40,41). The molecule has 0 saturated carbocycles. The van der Waals surface area contributed by atoms with Crippen LogP contribution in [0.5, 0.6) is 5.75 Å². The fourth-order valence-electron chi connectivity index (χ4n) is 4.75.